The maximum atomic E-state index is 5.68. The largest absolute Gasteiger partial charge is 0.379 e. The van der Waals surface area contributed by atoms with Crippen LogP contribution in [0.2, 0.25) is 0 Å². The SMILES string of the molecule is c1ccc(-c2c3c(cc4ccccc24)-c2ccccc2[C@H]3N2CCOCC2)cc1. The van der Waals surface area contributed by atoms with Crippen molar-refractivity contribution in [2.75, 3.05) is 26.3 Å². The molecule has 142 valence electrons. The molecule has 4 aromatic carbocycles. The molecule has 4 aromatic rings. The number of rotatable bonds is 2. The molecule has 29 heavy (non-hydrogen) atoms. The van der Waals surface area contributed by atoms with Crippen LogP contribution in [0.15, 0.2) is 84.9 Å². The second-order valence-corrected chi connectivity index (χ2v) is 7.94. The number of hydrogen-bond acceptors (Lipinski definition) is 2. The number of fused-ring (bicyclic) bond motifs is 4. The smallest absolute Gasteiger partial charge is 0.0621 e. The molecule has 0 saturated carbocycles. The van der Waals surface area contributed by atoms with Gasteiger partial charge in [0, 0.05) is 13.1 Å². The summed E-state index contributed by atoms with van der Waals surface area (Å²) < 4.78 is 5.68. The number of benzene rings is 4. The number of hydrogen-bond donors (Lipinski definition) is 0. The van der Waals surface area contributed by atoms with Gasteiger partial charge in [0.2, 0.25) is 0 Å². The highest BCUT2D eigenvalue weighted by Gasteiger charge is 2.36. The lowest BCUT2D eigenvalue weighted by Gasteiger charge is -2.34. The Kier molecular flexibility index (Phi) is 4.00. The first-order chi connectivity index (χ1) is 14.4. The monoisotopic (exact) mass is 377 g/mol. The summed E-state index contributed by atoms with van der Waals surface area (Å²) in [5, 5.41) is 2.64. The predicted octanol–water partition coefficient (Wildman–Crippen LogP) is 5.91. The van der Waals surface area contributed by atoms with Gasteiger partial charge in [-0.2, -0.15) is 0 Å². The molecular weight excluding hydrogens is 354 g/mol. The standard InChI is InChI=1S/C27H23NO/c1-2-8-19(9-3-1)25-21-11-5-4-10-20(21)18-24-22-12-6-7-13-23(22)27(26(24)25)28-14-16-29-17-15-28/h1-13,18,27H,14-17H2/t27-/m1/s1. The normalized spacial score (nSPS) is 18.6. The highest BCUT2D eigenvalue weighted by atomic mass is 16.5. The lowest BCUT2D eigenvalue weighted by atomic mass is 9.88. The highest BCUT2D eigenvalue weighted by Crippen LogP contribution is 2.52. The van der Waals surface area contributed by atoms with Crippen molar-refractivity contribution in [3.8, 4) is 22.3 Å². The van der Waals surface area contributed by atoms with Crippen molar-refractivity contribution in [2.24, 2.45) is 0 Å². The van der Waals surface area contributed by atoms with E-state index in [1.54, 1.807) is 0 Å². The summed E-state index contributed by atoms with van der Waals surface area (Å²) in [6.45, 7) is 3.56. The Hall–Kier alpha value is -2.94. The van der Waals surface area contributed by atoms with E-state index in [0.717, 1.165) is 26.3 Å². The van der Waals surface area contributed by atoms with E-state index in [9.17, 15) is 0 Å². The average Bonchev–Trinajstić information content (AvgIpc) is 3.12. The van der Waals surface area contributed by atoms with Gasteiger partial charge in [-0.25, -0.2) is 0 Å². The third-order valence-corrected chi connectivity index (χ3v) is 6.38. The number of nitrogens with zero attached hydrogens (tertiary/aromatic N) is 1. The van der Waals surface area contributed by atoms with Crippen molar-refractivity contribution in [3.63, 3.8) is 0 Å². The summed E-state index contributed by atoms with van der Waals surface area (Å²) in [5.41, 5.74) is 8.32. The first-order valence-electron chi connectivity index (χ1n) is 10.4. The molecule has 0 amide bonds. The van der Waals surface area contributed by atoms with Crippen molar-refractivity contribution in [1.82, 2.24) is 4.90 Å². The quantitative estimate of drug-likeness (QED) is 0.431. The van der Waals surface area contributed by atoms with Gasteiger partial charge in [-0.3, -0.25) is 4.90 Å². The van der Waals surface area contributed by atoms with Crippen LogP contribution in [0, 0.1) is 0 Å². The van der Waals surface area contributed by atoms with Crippen LogP contribution in [-0.2, 0) is 4.74 Å². The minimum absolute atomic E-state index is 0.282. The molecule has 0 unspecified atom stereocenters. The van der Waals surface area contributed by atoms with Crippen LogP contribution in [0.1, 0.15) is 17.2 Å². The van der Waals surface area contributed by atoms with Gasteiger partial charge in [-0.1, -0.05) is 78.9 Å². The molecule has 0 radical (unpaired) electrons. The molecule has 1 atom stereocenters. The maximum absolute atomic E-state index is 5.68. The van der Waals surface area contributed by atoms with E-state index in [2.05, 4.69) is 89.8 Å². The summed E-state index contributed by atoms with van der Waals surface area (Å²) in [6, 6.07) is 31.4. The molecular formula is C27H23NO. The Balaban J connectivity index is 1.71. The molecule has 2 aliphatic rings. The van der Waals surface area contributed by atoms with Crippen molar-refractivity contribution in [1.29, 1.82) is 0 Å². The van der Waals surface area contributed by atoms with Gasteiger partial charge in [-0.15, -0.1) is 0 Å². The van der Waals surface area contributed by atoms with Crippen molar-refractivity contribution < 1.29 is 4.74 Å². The van der Waals surface area contributed by atoms with Gasteiger partial charge < -0.3 is 4.74 Å². The van der Waals surface area contributed by atoms with Gasteiger partial charge in [0.25, 0.3) is 0 Å². The molecule has 1 heterocycles. The molecule has 0 bridgehead atoms. The third-order valence-electron chi connectivity index (χ3n) is 6.38. The minimum Gasteiger partial charge on any atom is -0.379 e. The summed E-state index contributed by atoms with van der Waals surface area (Å²) in [6.07, 6.45) is 0. The van der Waals surface area contributed by atoms with Crippen LogP contribution < -0.4 is 0 Å². The molecule has 1 saturated heterocycles. The lowest BCUT2D eigenvalue weighted by Crippen LogP contribution is -2.39. The van der Waals surface area contributed by atoms with E-state index in [1.165, 1.54) is 44.2 Å². The topological polar surface area (TPSA) is 12.5 Å². The van der Waals surface area contributed by atoms with E-state index < -0.39 is 0 Å². The van der Waals surface area contributed by atoms with Gasteiger partial charge >= 0.3 is 0 Å². The Morgan fingerprint density at radius 2 is 1.45 bits per heavy atom. The van der Waals surface area contributed by atoms with E-state index in [0.29, 0.717) is 0 Å². The molecule has 1 aliphatic carbocycles. The summed E-state index contributed by atoms with van der Waals surface area (Å²) >= 11 is 0. The molecule has 0 spiro atoms. The Labute approximate surface area is 171 Å². The van der Waals surface area contributed by atoms with E-state index >= 15 is 0 Å². The Bertz CT molecular complexity index is 1190. The van der Waals surface area contributed by atoms with Gasteiger partial charge in [0.15, 0.2) is 0 Å². The summed E-state index contributed by atoms with van der Waals surface area (Å²) in [4.78, 5) is 2.61. The second kappa shape index (κ2) is 6.84. The zero-order valence-corrected chi connectivity index (χ0v) is 16.3. The summed E-state index contributed by atoms with van der Waals surface area (Å²) in [5.74, 6) is 0. The predicted molar refractivity (Wildman–Crippen MR) is 119 cm³/mol. The first-order valence-corrected chi connectivity index (χ1v) is 10.4. The fourth-order valence-corrected chi connectivity index (χ4v) is 5.14. The van der Waals surface area contributed by atoms with E-state index in [1.807, 2.05) is 0 Å². The average molecular weight is 377 g/mol. The van der Waals surface area contributed by atoms with Gasteiger partial charge in [-0.05, 0) is 50.2 Å². The minimum atomic E-state index is 0.282. The van der Waals surface area contributed by atoms with E-state index in [-0.39, 0.29) is 6.04 Å². The van der Waals surface area contributed by atoms with Crippen molar-refractivity contribution >= 4 is 10.8 Å². The van der Waals surface area contributed by atoms with Crippen LogP contribution in [0.25, 0.3) is 33.0 Å². The van der Waals surface area contributed by atoms with Gasteiger partial charge in [0.05, 0.1) is 19.3 Å². The fourth-order valence-electron chi connectivity index (χ4n) is 5.14. The lowest BCUT2D eigenvalue weighted by molar-refractivity contribution is 0.0248. The number of morpholine rings is 1. The zero-order valence-electron chi connectivity index (χ0n) is 16.3. The van der Waals surface area contributed by atoms with Crippen LogP contribution in [0.3, 0.4) is 0 Å². The van der Waals surface area contributed by atoms with Gasteiger partial charge in [0.1, 0.15) is 0 Å². The molecule has 6 rings (SSSR count). The zero-order chi connectivity index (χ0) is 19.2. The van der Waals surface area contributed by atoms with Crippen LogP contribution in [0.4, 0.5) is 0 Å². The third kappa shape index (κ3) is 2.64. The van der Waals surface area contributed by atoms with Crippen LogP contribution in [-0.4, -0.2) is 31.2 Å². The summed E-state index contributed by atoms with van der Waals surface area (Å²) in [7, 11) is 0. The molecule has 2 nitrogen and oxygen atoms in total. The van der Waals surface area contributed by atoms with Crippen LogP contribution in [0.5, 0.6) is 0 Å². The Morgan fingerprint density at radius 1 is 0.724 bits per heavy atom. The number of ether oxygens (including phenoxy) is 1. The van der Waals surface area contributed by atoms with E-state index in [4.69, 9.17) is 4.74 Å². The molecule has 0 aromatic heterocycles. The fraction of sp³-hybridized carbons (Fsp3) is 0.185. The molecule has 1 aliphatic heterocycles. The first kappa shape index (κ1) is 17.0. The molecule has 2 heteroatoms. The van der Waals surface area contributed by atoms with Crippen molar-refractivity contribution in [2.45, 2.75) is 6.04 Å². The highest BCUT2D eigenvalue weighted by molar-refractivity contribution is 6.04. The molecule has 1 fully saturated rings. The Morgan fingerprint density at radius 3 is 2.31 bits per heavy atom. The van der Waals surface area contributed by atoms with Crippen molar-refractivity contribution in [3.05, 3.63) is 96.1 Å². The maximum Gasteiger partial charge on any atom is 0.0621 e. The second-order valence-electron chi connectivity index (χ2n) is 7.94. The van der Waals surface area contributed by atoms with Crippen LogP contribution >= 0.6 is 0 Å². The molecule has 0 N–H and O–H groups in total.